The minimum Gasteiger partial charge on any atom is -0.457 e. The number of nitrogens with zero attached hydrogens (tertiary/aromatic N) is 1. The molecule has 1 aliphatic rings. The maximum Gasteiger partial charge on any atom is 0.293 e. The number of carbonyl (C=O) groups excluding carboxylic acids is 2. The normalized spacial score (nSPS) is 16.8. The molecule has 4 nitrogen and oxygen atoms in total. The summed E-state index contributed by atoms with van der Waals surface area (Å²) in [5.41, 5.74) is 0.973. The van der Waals surface area contributed by atoms with E-state index in [0.717, 1.165) is 29.5 Å². The summed E-state index contributed by atoms with van der Waals surface area (Å²) in [6, 6.07) is 13.4. The highest BCUT2D eigenvalue weighted by Crippen LogP contribution is 2.33. The van der Waals surface area contributed by atoms with Gasteiger partial charge in [-0.05, 0) is 30.3 Å². The first-order valence-electron chi connectivity index (χ1n) is 7.09. The van der Waals surface area contributed by atoms with E-state index in [1.807, 2.05) is 43.3 Å². The van der Waals surface area contributed by atoms with Crippen LogP contribution in [0.2, 0.25) is 0 Å². The zero-order valence-corrected chi connectivity index (χ0v) is 12.9. The van der Waals surface area contributed by atoms with Crippen LogP contribution in [0.5, 0.6) is 0 Å². The molecule has 0 unspecified atom stereocenters. The summed E-state index contributed by atoms with van der Waals surface area (Å²) in [6.07, 6.45) is 2.39. The van der Waals surface area contributed by atoms with E-state index >= 15 is 0 Å². The molecule has 3 rings (SSSR count). The third-order valence-corrected chi connectivity index (χ3v) is 4.19. The van der Waals surface area contributed by atoms with Crippen molar-refractivity contribution in [1.29, 1.82) is 0 Å². The summed E-state index contributed by atoms with van der Waals surface area (Å²) >= 11 is 0.960. The van der Waals surface area contributed by atoms with Gasteiger partial charge in [0.05, 0.1) is 4.91 Å². The number of rotatable bonds is 4. The number of carbonyl (C=O) groups is 2. The number of furan rings is 1. The van der Waals surface area contributed by atoms with E-state index in [2.05, 4.69) is 0 Å². The second-order valence-corrected chi connectivity index (χ2v) is 5.89. The fourth-order valence-corrected chi connectivity index (χ4v) is 3.08. The van der Waals surface area contributed by atoms with E-state index in [9.17, 15) is 9.59 Å². The average Bonchev–Trinajstić information content (AvgIpc) is 3.09. The van der Waals surface area contributed by atoms with Crippen LogP contribution in [0.3, 0.4) is 0 Å². The first-order chi connectivity index (χ1) is 10.7. The van der Waals surface area contributed by atoms with E-state index in [-0.39, 0.29) is 11.1 Å². The van der Waals surface area contributed by atoms with Crippen LogP contribution in [-0.4, -0.2) is 22.6 Å². The average molecular weight is 313 g/mol. The van der Waals surface area contributed by atoms with Gasteiger partial charge in [-0.1, -0.05) is 37.3 Å². The zero-order valence-electron chi connectivity index (χ0n) is 12.1. The van der Waals surface area contributed by atoms with Crippen LogP contribution in [-0.2, 0) is 4.79 Å². The van der Waals surface area contributed by atoms with Crippen LogP contribution >= 0.6 is 11.8 Å². The van der Waals surface area contributed by atoms with Gasteiger partial charge in [-0.15, -0.1) is 0 Å². The maximum absolute atomic E-state index is 12.2. The van der Waals surface area contributed by atoms with Crippen LogP contribution in [0, 0.1) is 0 Å². The molecular formula is C17H15NO3S. The molecule has 1 fully saturated rings. The minimum absolute atomic E-state index is 0.215. The first kappa shape index (κ1) is 14.7. The summed E-state index contributed by atoms with van der Waals surface area (Å²) < 4.78 is 5.74. The molecule has 0 atom stereocenters. The Kier molecular flexibility index (Phi) is 4.15. The fourth-order valence-electron chi connectivity index (χ4n) is 2.23. The second kappa shape index (κ2) is 6.23. The van der Waals surface area contributed by atoms with E-state index in [1.54, 1.807) is 12.1 Å². The molecule has 22 heavy (non-hydrogen) atoms. The third-order valence-electron chi connectivity index (χ3n) is 3.28. The molecule has 112 valence electrons. The molecule has 0 aliphatic carbocycles. The third kappa shape index (κ3) is 2.85. The number of benzene rings is 1. The lowest BCUT2D eigenvalue weighted by molar-refractivity contribution is -0.122. The number of hydrogen-bond donors (Lipinski definition) is 0. The molecule has 5 heteroatoms. The maximum atomic E-state index is 12.2. The highest BCUT2D eigenvalue weighted by atomic mass is 32.2. The number of imide groups is 1. The van der Waals surface area contributed by atoms with Gasteiger partial charge in [-0.2, -0.15) is 0 Å². The zero-order chi connectivity index (χ0) is 15.5. The summed E-state index contributed by atoms with van der Waals surface area (Å²) in [5, 5.41) is -0.215. The Morgan fingerprint density at radius 3 is 2.64 bits per heavy atom. The number of amides is 2. The van der Waals surface area contributed by atoms with Gasteiger partial charge in [0, 0.05) is 18.2 Å². The van der Waals surface area contributed by atoms with Crippen LogP contribution in [0.1, 0.15) is 19.1 Å². The van der Waals surface area contributed by atoms with Crippen molar-refractivity contribution in [2.45, 2.75) is 13.3 Å². The van der Waals surface area contributed by atoms with Crippen molar-refractivity contribution in [3.8, 4) is 11.3 Å². The molecule has 0 spiro atoms. The van der Waals surface area contributed by atoms with Gasteiger partial charge in [-0.25, -0.2) is 0 Å². The number of hydrogen-bond acceptors (Lipinski definition) is 4. The van der Waals surface area contributed by atoms with Gasteiger partial charge in [0.1, 0.15) is 11.5 Å². The first-order valence-corrected chi connectivity index (χ1v) is 7.91. The van der Waals surface area contributed by atoms with Gasteiger partial charge in [0.15, 0.2) is 0 Å². The van der Waals surface area contributed by atoms with Crippen molar-refractivity contribution in [1.82, 2.24) is 4.90 Å². The Labute approximate surface area is 132 Å². The van der Waals surface area contributed by atoms with Gasteiger partial charge in [0.2, 0.25) is 0 Å². The summed E-state index contributed by atoms with van der Waals surface area (Å²) in [4.78, 5) is 25.6. The molecule has 0 N–H and O–H groups in total. The molecule has 1 aromatic carbocycles. The van der Waals surface area contributed by atoms with Crippen molar-refractivity contribution in [3.63, 3.8) is 0 Å². The van der Waals surface area contributed by atoms with Crippen LogP contribution in [0.15, 0.2) is 51.8 Å². The van der Waals surface area contributed by atoms with Crippen LogP contribution in [0.25, 0.3) is 17.4 Å². The lowest BCUT2D eigenvalue weighted by atomic mass is 10.2. The van der Waals surface area contributed by atoms with Crippen molar-refractivity contribution >= 4 is 29.0 Å². The summed E-state index contributed by atoms with van der Waals surface area (Å²) in [6.45, 7) is 2.39. The van der Waals surface area contributed by atoms with Gasteiger partial charge >= 0.3 is 0 Å². The van der Waals surface area contributed by atoms with E-state index in [4.69, 9.17) is 4.42 Å². The molecule has 1 aromatic heterocycles. The second-order valence-electron chi connectivity index (χ2n) is 4.90. The molecule has 0 bridgehead atoms. The van der Waals surface area contributed by atoms with Crippen molar-refractivity contribution in [2.75, 3.05) is 6.54 Å². The molecule has 2 heterocycles. The summed E-state index contributed by atoms with van der Waals surface area (Å²) in [5.74, 6) is 1.06. The standard InChI is InChI=1S/C17H15NO3S/c1-2-10-18-16(19)15(22-17(18)20)11-13-8-9-14(21-13)12-6-4-3-5-7-12/h3-9,11H,2,10H2,1H3/b15-11+. The van der Waals surface area contributed by atoms with E-state index in [1.165, 1.54) is 4.90 Å². The van der Waals surface area contributed by atoms with Gasteiger partial charge in [-0.3, -0.25) is 14.5 Å². The van der Waals surface area contributed by atoms with Crippen LogP contribution < -0.4 is 0 Å². The monoisotopic (exact) mass is 313 g/mol. The predicted octanol–water partition coefficient (Wildman–Crippen LogP) is 4.39. The smallest absolute Gasteiger partial charge is 0.293 e. The molecule has 0 saturated carbocycles. The number of thioether (sulfide) groups is 1. The van der Waals surface area contributed by atoms with Crippen molar-refractivity contribution in [3.05, 3.63) is 53.1 Å². The Morgan fingerprint density at radius 1 is 1.14 bits per heavy atom. The molecule has 1 saturated heterocycles. The predicted molar refractivity (Wildman–Crippen MR) is 87.1 cm³/mol. The van der Waals surface area contributed by atoms with Gasteiger partial charge in [0.25, 0.3) is 11.1 Å². The van der Waals surface area contributed by atoms with Crippen molar-refractivity contribution < 1.29 is 14.0 Å². The molecule has 2 amide bonds. The molecule has 1 aliphatic heterocycles. The largest absolute Gasteiger partial charge is 0.457 e. The minimum atomic E-state index is -0.241. The Bertz CT molecular complexity index is 733. The Balaban J connectivity index is 1.83. The SMILES string of the molecule is CCCN1C(=O)S/C(=C/c2ccc(-c3ccccc3)o2)C1=O. The summed E-state index contributed by atoms with van der Waals surface area (Å²) in [7, 11) is 0. The highest BCUT2D eigenvalue weighted by Gasteiger charge is 2.34. The van der Waals surface area contributed by atoms with E-state index < -0.39 is 0 Å². The topological polar surface area (TPSA) is 50.5 Å². The quantitative estimate of drug-likeness (QED) is 0.785. The lowest BCUT2D eigenvalue weighted by Gasteiger charge is -2.09. The fraction of sp³-hybridized carbons (Fsp3) is 0.176. The Hall–Kier alpha value is -2.27. The molecular weight excluding hydrogens is 298 g/mol. The van der Waals surface area contributed by atoms with E-state index in [0.29, 0.717) is 17.2 Å². The van der Waals surface area contributed by atoms with Gasteiger partial charge < -0.3 is 4.42 Å². The van der Waals surface area contributed by atoms with Crippen molar-refractivity contribution in [2.24, 2.45) is 0 Å². The Morgan fingerprint density at radius 2 is 1.91 bits per heavy atom. The highest BCUT2D eigenvalue weighted by molar-refractivity contribution is 8.18. The molecule has 0 radical (unpaired) electrons. The molecule has 2 aromatic rings. The van der Waals surface area contributed by atoms with Crippen LogP contribution in [0.4, 0.5) is 4.79 Å². The lowest BCUT2D eigenvalue weighted by Crippen LogP contribution is -2.28.